The van der Waals surface area contributed by atoms with Gasteiger partial charge in [0.2, 0.25) is 0 Å². The molecule has 0 saturated carbocycles. The van der Waals surface area contributed by atoms with Crippen molar-refractivity contribution in [1.29, 1.82) is 0 Å². The van der Waals surface area contributed by atoms with Crippen LogP contribution in [0.25, 0.3) is 0 Å². The summed E-state index contributed by atoms with van der Waals surface area (Å²) in [7, 11) is 1.96. The van der Waals surface area contributed by atoms with Crippen molar-refractivity contribution in [3.63, 3.8) is 0 Å². The van der Waals surface area contributed by atoms with E-state index in [9.17, 15) is 0 Å². The number of rotatable bonds is 5. The number of nitrogens with zero attached hydrogens (tertiary/aromatic N) is 4. The molecule has 6 nitrogen and oxygen atoms in total. The lowest BCUT2D eigenvalue weighted by atomic mass is 10.2. The van der Waals surface area contributed by atoms with Crippen LogP contribution >= 0.6 is 23.1 Å². The van der Waals surface area contributed by atoms with Gasteiger partial charge in [-0.15, -0.1) is 21.5 Å². The first-order valence-electron chi connectivity index (χ1n) is 8.08. The standard InChI is InChI=1S/C17H18N4O2S2/c1-3-15-18-11(9-24-15)10-25-17-20-19-16(21(17)2)14-8-22-12-6-4-5-7-13(12)23-14/h4-7,9,14H,3,8,10H2,1-2H3. The summed E-state index contributed by atoms with van der Waals surface area (Å²) in [4.78, 5) is 4.59. The maximum Gasteiger partial charge on any atom is 0.192 e. The van der Waals surface area contributed by atoms with Crippen LogP contribution < -0.4 is 9.47 Å². The van der Waals surface area contributed by atoms with E-state index in [0.29, 0.717) is 6.61 Å². The van der Waals surface area contributed by atoms with Gasteiger partial charge in [0.05, 0.1) is 10.7 Å². The van der Waals surface area contributed by atoms with E-state index in [2.05, 4.69) is 27.5 Å². The number of aromatic nitrogens is 4. The Morgan fingerprint density at radius 2 is 2.12 bits per heavy atom. The van der Waals surface area contributed by atoms with Gasteiger partial charge in [-0.05, 0) is 18.6 Å². The Morgan fingerprint density at radius 1 is 1.28 bits per heavy atom. The molecule has 0 fully saturated rings. The maximum atomic E-state index is 6.02. The molecule has 0 N–H and O–H groups in total. The van der Waals surface area contributed by atoms with Crippen LogP contribution in [0.5, 0.6) is 11.5 Å². The number of thioether (sulfide) groups is 1. The number of para-hydroxylation sites is 2. The molecule has 0 amide bonds. The first kappa shape index (κ1) is 16.4. The number of hydrogen-bond donors (Lipinski definition) is 0. The predicted octanol–water partition coefficient (Wildman–Crippen LogP) is 3.64. The molecule has 3 aromatic rings. The summed E-state index contributed by atoms with van der Waals surface area (Å²) in [5, 5.41) is 12.7. The van der Waals surface area contributed by atoms with E-state index < -0.39 is 0 Å². The quantitative estimate of drug-likeness (QED) is 0.636. The third-order valence-electron chi connectivity index (χ3n) is 3.92. The minimum absolute atomic E-state index is 0.257. The molecular formula is C17H18N4O2S2. The highest BCUT2D eigenvalue weighted by Gasteiger charge is 2.27. The summed E-state index contributed by atoms with van der Waals surface area (Å²) in [6.07, 6.45) is 0.719. The Bertz CT molecular complexity index is 877. The molecule has 1 atom stereocenters. The van der Waals surface area contributed by atoms with E-state index in [1.165, 1.54) is 5.01 Å². The Labute approximate surface area is 154 Å². The van der Waals surface area contributed by atoms with Crippen molar-refractivity contribution in [1.82, 2.24) is 19.7 Å². The van der Waals surface area contributed by atoms with Crippen molar-refractivity contribution in [2.45, 2.75) is 30.4 Å². The second-order valence-corrected chi connectivity index (χ2v) is 7.52. The van der Waals surface area contributed by atoms with E-state index in [4.69, 9.17) is 9.47 Å². The van der Waals surface area contributed by atoms with Crippen LogP contribution in [0.15, 0.2) is 34.8 Å². The van der Waals surface area contributed by atoms with Crippen molar-refractivity contribution < 1.29 is 9.47 Å². The highest BCUT2D eigenvalue weighted by Crippen LogP contribution is 2.36. The van der Waals surface area contributed by atoms with Gasteiger partial charge in [-0.1, -0.05) is 30.8 Å². The van der Waals surface area contributed by atoms with Crippen LogP contribution in [-0.2, 0) is 19.2 Å². The third-order valence-corrected chi connectivity index (χ3v) is 6.01. The Hall–Kier alpha value is -2.06. The summed E-state index contributed by atoms with van der Waals surface area (Å²) < 4.78 is 13.8. The van der Waals surface area contributed by atoms with Gasteiger partial charge in [0, 0.05) is 18.2 Å². The fourth-order valence-electron chi connectivity index (χ4n) is 2.60. The van der Waals surface area contributed by atoms with Crippen molar-refractivity contribution in [3.8, 4) is 11.5 Å². The maximum absolute atomic E-state index is 6.02. The molecule has 1 aliphatic heterocycles. The summed E-state index contributed by atoms with van der Waals surface area (Å²) in [5.74, 6) is 3.06. The Morgan fingerprint density at radius 3 is 2.92 bits per heavy atom. The lowest BCUT2D eigenvalue weighted by Crippen LogP contribution is -2.24. The molecule has 0 aliphatic carbocycles. The van der Waals surface area contributed by atoms with Gasteiger partial charge in [0.25, 0.3) is 0 Å². The predicted molar refractivity (Wildman–Crippen MR) is 97.4 cm³/mol. The molecule has 0 spiro atoms. The van der Waals surface area contributed by atoms with Crippen LogP contribution in [0.4, 0.5) is 0 Å². The second kappa shape index (κ2) is 7.05. The lowest BCUT2D eigenvalue weighted by molar-refractivity contribution is 0.0825. The zero-order chi connectivity index (χ0) is 17.2. The molecule has 0 bridgehead atoms. The molecule has 0 radical (unpaired) electrons. The zero-order valence-electron chi connectivity index (χ0n) is 14.0. The van der Waals surface area contributed by atoms with E-state index in [1.54, 1.807) is 23.1 Å². The summed E-state index contributed by atoms with van der Waals surface area (Å²) in [5.41, 5.74) is 1.09. The molecule has 25 heavy (non-hydrogen) atoms. The SMILES string of the molecule is CCc1nc(CSc2nnc(C3COc4ccccc4O3)n2C)cs1. The Kier molecular flexibility index (Phi) is 4.63. The van der Waals surface area contributed by atoms with Crippen LogP contribution in [0.2, 0.25) is 0 Å². The summed E-state index contributed by atoms with van der Waals surface area (Å²) in [6, 6.07) is 7.67. The topological polar surface area (TPSA) is 62.1 Å². The fourth-order valence-corrected chi connectivity index (χ4v) is 4.26. The number of ether oxygens (including phenoxy) is 2. The van der Waals surface area contributed by atoms with Crippen LogP contribution in [0.1, 0.15) is 29.6 Å². The van der Waals surface area contributed by atoms with Crippen molar-refractivity contribution >= 4 is 23.1 Å². The second-order valence-electron chi connectivity index (χ2n) is 5.64. The van der Waals surface area contributed by atoms with Crippen LogP contribution in [0, 0.1) is 0 Å². The van der Waals surface area contributed by atoms with Crippen molar-refractivity contribution in [2.75, 3.05) is 6.61 Å². The molecule has 1 aliphatic rings. The van der Waals surface area contributed by atoms with Crippen LogP contribution in [-0.4, -0.2) is 26.4 Å². The molecule has 130 valence electrons. The lowest BCUT2D eigenvalue weighted by Gasteiger charge is -2.25. The van der Waals surface area contributed by atoms with E-state index in [1.807, 2.05) is 35.9 Å². The van der Waals surface area contributed by atoms with Crippen LogP contribution in [0.3, 0.4) is 0 Å². The summed E-state index contributed by atoms with van der Waals surface area (Å²) >= 11 is 3.34. The number of fused-ring (bicyclic) bond motifs is 1. The molecule has 4 rings (SSSR count). The highest BCUT2D eigenvalue weighted by molar-refractivity contribution is 7.98. The Balaban J connectivity index is 1.46. The summed E-state index contributed by atoms with van der Waals surface area (Å²) in [6.45, 7) is 2.55. The molecule has 8 heteroatoms. The monoisotopic (exact) mass is 374 g/mol. The fraction of sp³-hybridized carbons (Fsp3) is 0.353. The molecule has 2 aromatic heterocycles. The molecule has 1 aromatic carbocycles. The molecular weight excluding hydrogens is 356 g/mol. The number of hydrogen-bond acceptors (Lipinski definition) is 7. The van der Waals surface area contributed by atoms with Gasteiger partial charge in [-0.25, -0.2) is 4.98 Å². The van der Waals surface area contributed by atoms with Gasteiger partial charge in [-0.2, -0.15) is 0 Å². The third kappa shape index (κ3) is 3.36. The van der Waals surface area contributed by atoms with Gasteiger partial charge >= 0.3 is 0 Å². The van der Waals surface area contributed by atoms with Gasteiger partial charge in [0.1, 0.15) is 6.61 Å². The van der Waals surface area contributed by atoms with Crippen molar-refractivity contribution in [3.05, 3.63) is 46.2 Å². The molecule has 1 unspecified atom stereocenters. The highest BCUT2D eigenvalue weighted by atomic mass is 32.2. The van der Waals surface area contributed by atoms with E-state index >= 15 is 0 Å². The van der Waals surface area contributed by atoms with E-state index in [0.717, 1.165) is 40.3 Å². The first-order valence-corrected chi connectivity index (χ1v) is 9.95. The molecule has 3 heterocycles. The van der Waals surface area contributed by atoms with Gasteiger partial charge in [0.15, 0.2) is 28.6 Å². The number of aryl methyl sites for hydroxylation is 1. The smallest absolute Gasteiger partial charge is 0.192 e. The van der Waals surface area contributed by atoms with Gasteiger partial charge < -0.3 is 14.0 Å². The zero-order valence-corrected chi connectivity index (χ0v) is 15.6. The normalized spacial score (nSPS) is 16.2. The average molecular weight is 374 g/mol. The van der Waals surface area contributed by atoms with Gasteiger partial charge in [-0.3, -0.25) is 0 Å². The minimum Gasteiger partial charge on any atom is -0.485 e. The number of thiazole rings is 1. The van der Waals surface area contributed by atoms with Crippen molar-refractivity contribution in [2.24, 2.45) is 7.05 Å². The minimum atomic E-state index is -0.257. The number of benzene rings is 1. The van der Waals surface area contributed by atoms with E-state index in [-0.39, 0.29) is 6.10 Å². The average Bonchev–Trinajstić information content (AvgIpc) is 3.26. The molecule has 0 saturated heterocycles. The largest absolute Gasteiger partial charge is 0.485 e. The first-order chi connectivity index (χ1) is 12.2.